The highest BCUT2D eigenvalue weighted by Gasteiger charge is 2.49. The van der Waals surface area contributed by atoms with Gasteiger partial charge in [0.05, 0.1) is 19.3 Å². The van der Waals surface area contributed by atoms with Crippen molar-refractivity contribution >= 4 is 5.91 Å². The summed E-state index contributed by atoms with van der Waals surface area (Å²) in [6, 6.07) is 8.33. The zero-order valence-electron chi connectivity index (χ0n) is 16.4. The molecule has 0 unspecified atom stereocenters. The molecule has 0 spiro atoms. The average molecular weight is 373 g/mol. The van der Waals surface area contributed by atoms with E-state index in [1.54, 1.807) is 14.2 Å². The summed E-state index contributed by atoms with van der Waals surface area (Å²) in [5.74, 6) is 2.78. The largest absolute Gasteiger partial charge is 0.497 e. The molecule has 27 heavy (non-hydrogen) atoms. The van der Waals surface area contributed by atoms with Gasteiger partial charge in [-0.05, 0) is 75.1 Å². The number of piperidine rings is 1. The lowest BCUT2D eigenvalue weighted by Crippen LogP contribution is -2.50. The lowest BCUT2D eigenvalue weighted by Gasteiger charge is -2.39. The van der Waals surface area contributed by atoms with Crippen LogP contribution in [0.1, 0.15) is 44.9 Å². The van der Waals surface area contributed by atoms with Gasteiger partial charge in [-0.3, -0.25) is 4.79 Å². The van der Waals surface area contributed by atoms with Crippen molar-refractivity contribution in [3.63, 3.8) is 0 Å². The van der Waals surface area contributed by atoms with Crippen LogP contribution in [0.25, 0.3) is 0 Å². The van der Waals surface area contributed by atoms with Crippen LogP contribution in [0.15, 0.2) is 24.3 Å². The van der Waals surface area contributed by atoms with Crippen molar-refractivity contribution in [2.45, 2.75) is 63.1 Å². The van der Waals surface area contributed by atoms with Gasteiger partial charge in [0.1, 0.15) is 18.1 Å². The highest BCUT2D eigenvalue weighted by Crippen LogP contribution is 2.44. The third-order valence-corrected chi connectivity index (χ3v) is 6.83. The van der Waals surface area contributed by atoms with Gasteiger partial charge in [0.25, 0.3) is 0 Å². The van der Waals surface area contributed by atoms with Gasteiger partial charge in [0, 0.05) is 19.1 Å². The van der Waals surface area contributed by atoms with E-state index in [0.717, 1.165) is 50.0 Å². The van der Waals surface area contributed by atoms with E-state index in [1.165, 1.54) is 6.42 Å². The van der Waals surface area contributed by atoms with Gasteiger partial charge in [0.2, 0.25) is 5.91 Å². The Bertz CT molecular complexity index is 638. The summed E-state index contributed by atoms with van der Waals surface area (Å²) in [7, 11) is 3.44. The van der Waals surface area contributed by atoms with Gasteiger partial charge in [-0.1, -0.05) is 0 Å². The summed E-state index contributed by atoms with van der Waals surface area (Å²) >= 11 is 0. The molecule has 3 aliphatic rings. The third-order valence-electron chi connectivity index (χ3n) is 6.83. The minimum Gasteiger partial charge on any atom is -0.497 e. The molecule has 2 aliphatic carbocycles. The zero-order valence-corrected chi connectivity index (χ0v) is 16.4. The molecule has 1 amide bonds. The Balaban J connectivity index is 1.39. The maximum Gasteiger partial charge on any atom is 0.226 e. The number of fused-ring (bicyclic) bond motifs is 2. The summed E-state index contributed by atoms with van der Waals surface area (Å²) in [5, 5.41) is 0. The van der Waals surface area contributed by atoms with Gasteiger partial charge in [-0.15, -0.1) is 0 Å². The van der Waals surface area contributed by atoms with Crippen molar-refractivity contribution in [3.05, 3.63) is 24.3 Å². The Morgan fingerprint density at radius 3 is 2.37 bits per heavy atom. The van der Waals surface area contributed by atoms with E-state index in [0.29, 0.717) is 30.6 Å². The van der Waals surface area contributed by atoms with E-state index in [2.05, 4.69) is 4.90 Å². The van der Waals surface area contributed by atoms with Crippen LogP contribution in [0.5, 0.6) is 11.5 Å². The van der Waals surface area contributed by atoms with Gasteiger partial charge in [0.15, 0.2) is 0 Å². The zero-order chi connectivity index (χ0) is 18.8. The molecular formula is C22H31NO4. The van der Waals surface area contributed by atoms with Gasteiger partial charge in [-0.25, -0.2) is 0 Å². The molecule has 0 N–H and O–H groups in total. The van der Waals surface area contributed by atoms with Gasteiger partial charge < -0.3 is 19.1 Å². The Labute approximate surface area is 162 Å². The molecule has 1 aromatic rings. The fourth-order valence-electron chi connectivity index (χ4n) is 5.26. The van der Waals surface area contributed by atoms with Gasteiger partial charge >= 0.3 is 0 Å². The van der Waals surface area contributed by atoms with Crippen molar-refractivity contribution in [1.82, 2.24) is 4.90 Å². The number of hydrogen-bond donors (Lipinski definition) is 0. The quantitative estimate of drug-likeness (QED) is 0.764. The predicted molar refractivity (Wildman–Crippen MR) is 103 cm³/mol. The molecule has 3 fully saturated rings. The van der Waals surface area contributed by atoms with Crippen LogP contribution in [-0.2, 0) is 9.53 Å². The van der Waals surface area contributed by atoms with E-state index >= 15 is 0 Å². The van der Waals surface area contributed by atoms with Crippen LogP contribution >= 0.6 is 0 Å². The lowest BCUT2D eigenvalue weighted by molar-refractivity contribution is -0.142. The van der Waals surface area contributed by atoms with E-state index in [9.17, 15) is 4.79 Å². The molecule has 5 heteroatoms. The van der Waals surface area contributed by atoms with Crippen molar-refractivity contribution in [1.29, 1.82) is 0 Å². The molecule has 1 saturated heterocycles. The molecule has 2 saturated carbocycles. The first-order chi connectivity index (χ1) is 13.2. The van der Waals surface area contributed by atoms with Crippen LogP contribution in [0, 0.1) is 11.8 Å². The maximum absolute atomic E-state index is 13.3. The summed E-state index contributed by atoms with van der Waals surface area (Å²) in [4.78, 5) is 15.5. The first-order valence-corrected chi connectivity index (χ1v) is 10.3. The predicted octanol–water partition coefficient (Wildman–Crippen LogP) is 3.66. The molecular weight excluding hydrogens is 342 g/mol. The minimum absolute atomic E-state index is 0.166. The number of benzene rings is 1. The Hall–Kier alpha value is -1.75. The lowest BCUT2D eigenvalue weighted by atomic mass is 9.85. The number of ether oxygens (including phenoxy) is 3. The second-order valence-electron chi connectivity index (χ2n) is 8.24. The van der Waals surface area contributed by atoms with Crippen LogP contribution in [-0.4, -0.2) is 49.8 Å². The van der Waals surface area contributed by atoms with Crippen LogP contribution in [0.4, 0.5) is 0 Å². The van der Waals surface area contributed by atoms with E-state index in [-0.39, 0.29) is 12.0 Å². The number of carbonyl (C=O) groups excluding carboxylic acids is 1. The summed E-state index contributed by atoms with van der Waals surface area (Å²) in [6.07, 6.45) is 7.77. The number of hydrogen-bond acceptors (Lipinski definition) is 4. The molecule has 5 nitrogen and oxygen atoms in total. The molecule has 0 radical (unpaired) electrons. The smallest absolute Gasteiger partial charge is 0.226 e. The first kappa shape index (κ1) is 18.6. The minimum atomic E-state index is 0.166. The van der Waals surface area contributed by atoms with Crippen molar-refractivity contribution in [2.75, 3.05) is 20.8 Å². The highest BCUT2D eigenvalue weighted by molar-refractivity contribution is 5.80. The fourth-order valence-corrected chi connectivity index (χ4v) is 5.26. The molecule has 148 valence electrons. The maximum atomic E-state index is 13.3. The highest BCUT2D eigenvalue weighted by atomic mass is 16.5. The number of carbonyl (C=O) groups is 1. The van der Waals surface area contributed by atoms with E-state index < -0.39 is 0 Å². The molecule has 1 aromatic carbocycles. The number of methoxy groups -OCH3 is 2. The van der Waals surface area contributed by atoms with E-state index in [1.807, 2.05) is 24.3 Å². The fraction of sp³-hybridized carbons (Fsp3) is 0.682. The average Bonchev–Trinajstić information content (AvgIpc) is 3.34. The SMILES string of the molecule is COc1ccc(OC[C@H]2[C@@H]3CC[C@@H](C3)N2C(=O)C2CCC(OC)CC2)cc1. The van der Waals surface area contributed by atoms with Crippen molar-refractivity contribution < 1.29 is 19.0 Å². The molecule has 2 bridgehead atoms. The second-order valence-corrected chi connectivity index (χ2v) is 8.24. The third kappa shape index (κ3) is 3.79. The van der Waals surface area contributed by atoms with Crippen LogP contribution in [0.2, 0.25) is 0 Å². The Morgan fingerprint density at radius 2 is 1.70 bits per heavy atom. The summed E-state index contributed by atoms with van der Waals surface area (Å²) in [5.41, 5.74) is 0. The Kier molecular flexibility index (Phi) is 5.58. The number of likely N-dealkylation sites (tertiary alicyclic amines) is 1. The van der Waals surface area contributed by atoms with Crippen LogP contribution in [0.3, 0.4) is 0 Å². The first-order valence-electron chi connectivity index (χ1n) is 10.3. The number of amides is 1. The number of rotatable bonds is 6. The molecule has 3 atom stereocenters. The standard InChI is InChI=1S/C22H31NO4/c1-25-18-7-4-15(5-8-18)22(24)23-17-6-3-16(13-17)21(23)14-27-20-11-9-19(26-2)10-12-20/h9-12,15-18,21H,3-8,13-14H2,1-2H3/t15?,16-,17+,18?,21+/m1/s1. The summed E-state index contributed by atoms with van der Waals surface area (Å²) in [6.45, 7) is 0.590. The number of nitrogens with zero attached hydrogens (tertiary/aromatic N) is 1. The molecule has 1 heterocycles. The molecule has 4 rings (SSSR count). The molecule has 0 aromatic heterocycles. The van der Waals surface area contributed by atoms with Crippen LogP contribution < -0.4 is 9.47 Å². The Morgan fingerprint density at radius 1 is 1.00 bits per heavy atom. The van der Waals surface area contributed by atoms with Gasteiger partial charge in [-0.2, -0.15) is 0 Å². The van der Waals surface area contributed by atoms with E-state index in [4.69, 9.17) is 14.2 Å². The second kappa shape index (κ2) is 8.09. The summed E-state index contributed by atoms with van der Waals surface area (Å²) < 4.78 is 16.7. The molecule has 1 aliphatic heterocycles. The van der Waals surface area contributed by atoms with Crippen molar-refractivity contribution in [3.8, 4) is 11.5 Å². The monoisotopic (exact) mass is 373 g/mol. The van der Waals surface area contributed by atoms with Crippen molar-refractivity contribution in [2.24, 2.45) is 11.8 Å². The topological polar surface area (TPSA) is 48.0 Å². The normalized spacial score (nSPS) is 32.5.